The molecule has 6 heteroatoms. The third-order valence-electron chi connectivity index (χ3n) is 5.18. The van der Waals surface area contributed by atoms with Crippen LogP contribution in [0.5, 0.6) is 17.2 Å². The van der Waals surface area contributed by atoms with Gasteiger partial charge in [0.2, 0.25) is 0 Å². The molecule has 3 aromatic rings. The summed E-state index contributed by atoms with van der Waals surface area (Å²) in [4.78, 5) is 0. The molecule has 6 nitrogen and oxygen atoms in total. The summed E-state index contributed by atoms with van der Waals surface area (Å²) in [7, 11) is 3.32. The number of rotatable bonds is 6. The lowest BCUT2D eigenvalue weighted by Crippen LogP contribution is -2.08. The minimum absolute atomic E-state index is 0.602. The summed E-state index contributed by atoms with van der Waals surface area (Å²) in [5.41, 5.74) is 3.96. The summed E-state index contributed by atoms with van der Waals surface area (Å²) < 4.78 is 19.1. The predicted molar refractivity (Wildman–Crippen MR) is 115 cm³/mol. The highest BCUT2D eigenvalue weighted by molar-refractivity contribution is 5.78. The van der Waals surface area contributed by atoms with E-state index >= 15 is 0 Å². The van der Waals surface area contributed by atoms with Crippen molar-refractivity contribution in [2.24, 2.45) is 0 Å². The Bertz CT molecular complexity index is 997. The van der Waals surface area contributed by atoms with Crippen LogP contribution in [0.1, 0.15) is 25.3 Å². The van der Waals surface area contributed by atoms with Crippen LogP contribution in [0.4, 0.5) is 5.82 Å². The molecule has 4 rings (SSSR count). The average Bonchev–Trinajstić information content (AvgIpc) is 2.94. The first kappa shape index (κ1) is 19.2. The van der Waals surface area contributed by atoms with Gasteiger partial charge in [0.25, 0.3) is 0 Å². The molecular formula is C23H27N3O3. The van der Waals surface area contributed by atoms with Gasteiger partial charge in [0.05, 0.1) is 20.8 Å². The summed E-state index contributed by atoms with van der Waals surface area (Å²) in [6.45, 7) is 3.51. The van der Waals surface area contributed by atoms with Crippen molar-refractivity contribution in [2.45, 2.75) is 26.2 Å². The molecule has 1 aromatic heterocycles. The highest BCUT2D eigenvalue weighted by Crippen LogP contribution is 2.42. The van der Waals surface area contributed by atoms with E-state index in [0.717, 1.165) is 54.3 Å². The van der Waals surface area contributed by atoms with Crippen LogP contribution in [0.3, 0.4) is 0 Å². The highest BCUT2D eigenvalue weighted by Gasteiger charge is 2.25. The van der Waals surface area contributed by atoms with Gasteiger partial charge in [0.15, 0.2) is 11.5 Å². The van der Waals surface area contributed by atoms with Gasteiger partial charge in [0.1, 0.15) is 22.9 Å². The van der Waals surface area contributed by atoms with Crippen LogP contribution in [-0.2, 0) is 6.42 Å². The van der Waals surface area contributed by atoms with Crippen molar-refractivity contribution >= 4 is 5.82 Å². The Hall–Kier alpha value is -3.15. The summed E-state index contributed by atoms with van der Waals surface area (Å²) in [6.07, 6.45) is 3.18. The van der Waals surface area contributed by atoms with E-state index in [1.165, 1.54) is 5.56 Å². The Morgan fingerprint density at radius 1 is 1.00 bits per heavy atom. The Kier molecular flexibility index (Phi) is 5.60. The van der Waals surface area contributed by atoms with Gasteiger partial charge in [0, 0.05) is 17.7 Å². The molecule has 0 aliphatic carbocycles. The van der Waals surface area contributed by atoms with Gasteiger partial charge in [-0.25, -0.2) is 4.68 Å². The molecule has 0 saturated carbocycles. The largest absolute Gasteiger partial charge is 0.493 e. The van der Waals surface area contributed by atoms with Gasteiger partial charge >= 0.3 is 0 Å². The normalized spacial score (nSPS) is 13.2. The smallest absolute Gasteiger partial charge is 0.170 e. The number of benzene rings is 2. The molecule has 1 aliphatic rings. The fourth-order valence-electron chi connectivity index (χ4n) is 3.88. The molecule has 1 aliphatic heterocycles. The Morgan fingerprint density at radius 3 is 2.62 bits per heavy atom. The average molecular weight is 393 g/mol. The van der Waals surface area contributed by atoms with Crippen molar-refractivity contribution in [3.8, 4) is 34.2 Å². The van der Waals surface area contributed by atoms with E-state index in [0.29, 0.717) is 18.1 Å². The lowest BCUT2D eigenvalue weighted by molar-refractivity contribution is 0.338. The van der Waals surface area contributed by atoms with Crippen LogP contribution in [0.25, 0.3) is 16.9 Å². The number of hydrogen-bond donors (Lipinski definition) is 1. The summed E-state index contributed by atoms with van der Waals surface area (Å²) in [6, 6.07) is 13.9. The van der Waals surface area contributed by atoms with Gasteiger partial charge < -0.3 is 19.5 Å². The maximum absolute atomic E-state index is 5.88. The molecule has 0 radical (unpaired) electrons. The SMILES string of the molecule is CCOc1ccccc1-n1nc(-c2cccc(OC)c2OC)c2c1NCCCC2. The Morgan fingerprint density at radius 2 is 1.83 bits per heavy atom. The van der Waals surface area contributed by atoms with E-state index in [9.17, 15) is 0 Å². The molecule has 0 bridgehead atoms. The number of nitrogens with zero attached hydrogens (tertiary/aromatic N) is 2. The standard InChI is InChI=1S/C23H27N3O3/c1-4-29-19-13-6-5-12-18(19)26-23-17(10-7-8-15-24-23)21(25-26)16-11-9-14-20(27-2)22(16)28-3/h5-6,9,11-14,24H,4,7-8,10,15H2,1-3H3. The minimum Gasteiger partial charge on any atom is -0.493 e. The highest BCUT2D eigenvalue weighted by atomic mass is 16.5. The van der Waals surface area contributed by atoms with Crippen LogP contribution >= 0.6 is 0 Å². The molecule has 152 valence electrons. The van der Waals surface area contributed by atoms with Crippen molar-refractivity contribution in [2.75, 3.05) is 32.7 Å². The fourth-order valence-corrected chi connectivity index (χ4v) is 3.88. The molecule has 0 fully saturated rings. The third-order valence-corrected chi connectivity index (χ3v) is 5.18. The maximum atomic E-state index is 5.88. The number of para-hydroxylation sites is 3. The van der Waals surface area contributed by atoms with Gasteiger partial charge in [-0.1, -0.05) is 18.2 Å². The van der Waals surface area contributed by atoms with Crippen LogP contribution in [-0.4, -0.2) is 37.2 Å². The van der Waals surface area contributed by atoms with Crippen molar-refractivity contribution in [1.82, 2.24) is 9.78 Å². The topological polar surface area (TPSA) is 57.5 Å². The van der Waals surface area contributed by atoms with E-state index in [2.05, 4.69) is 5.32 Å². The van der Waals surface area contributed by atoms with Crippen molar-refractivity contribution in [3.05, 3.63) is 48.0 Å². The fraction of sp³-hybridized carbons (Fsp3) is 0.348. The molecule has 0 spiro atoms. The molecular weight excluding hydrogens is 366 g/mol. The van der Waals surface area contributed by atoms with Crippen molar-refractivity contribution in [3.63, 3.8) is 0 Å². The zero-order valence-electron chi connectivity index (χ0n) is 17.2. The Labute approximate surface area is 171 Å². The second-order valence-corrected chi connectivity index (χ2v) is 6.91. The van der Waals surface area contributed by atoms with E-state index < -0.39 is 0 Å². The van der Waals surface area contributed by atoms with Crippen molar-refractivity contribution < 1.29 is 14.2 Å². The van der Waals surface area contributed by atoms with Gasteiger partial charge in [-0.3, -0.25) is 0 Å². The second kappa shape index (κ2) is 8.47. The number of aromatic nitrogens is 2. The monoisotopic (exact) mass is 393 g/mol. The van der Waals surface area contributed by atoms with Gasteiger partial charge in [-0.05, 0) is 50.5 Å². The van der Waals surface area contributed by atoms with Gasteiger partial charge in [-0.15, -0.1) is 0 Å². The lowest BCUT2D eigenvalue weighted by Gasteiger charge is -2.13. The molecule has 2 heterocycles. The minimum atomic E-state index is 0.602. The quantitative estimate of drug-likeness (QED) is 0.658. The number of methoxy groups -OCH3 is 2. The first-order valence-corrected chi connectivity index (χ1v) is 10.1. The van der Waals surface area contributed by atoms with E-state index in [1.807, 2.05) is 54.1 Å². The molecule has 0 atom stereocenters. The second-order valence-electron chi connectivity index (χ2n) is 6.91. The van der Waals surface area contributed by atoms with Gasteiger partial charge in [-0.2, -0.15) is 5.10 Å². The van der Waals surface area contributed by atoms with Crippen LogP contribution in [0.2, 0.25) is 0 Å². The summed E-state index contributed by atoms with van der Waals surface area (Å²) in [5.74, 6) is 3.24. The number of hydrogen-bond acceptors (Lipinski definition) is 5. The van der Waals surface area contributed by atoms with Crippen molar-refractivity contribution in [1.29, 1.82) is 0 Å². The number of nitrogens with one attached hydrogen (secondary N) is 1. The van der Waals surface area contributed by atoms with Crippen LogP contribution in [0, 0.1) is 0 Å². The molecule has 1 N–H and O–H groups in total. The molecule has 0 amide bonds. The number of fused-ring (bicyclic) bond motifs is 1. The number of ether oxygens (including phenoxy) is 3. The predicted octanol–water partition coefficient (Wildman–Crippen LogP) is 4.70. The van der Waals surface area contributed by atoms with E-state index in [4.69, 9.17) is 19.3 Å². The maximum Gasteiger partial charge on any atom is 0.170 e. The number of anilines is 1. The zero-order valence-corrected chi connectivity index (χ0v) is 17.2. The van der Waals surface area contributed by atoms with Crippen LogP contribution in [0.15, 0.2) is 42.5 Å². The van der Waals surface area contributed by atoms with E-state index in [-0.39, 0.29) is 0 Å². The first-order chi connectivity index (χ1) is 14.3. The zero-order chi connectivity index (χ0) is 20.2. The first-order valence-electron chi connectivity index (χ1n) is 10.1. The third kappa shape index (κ3) is 3.50. The van der Waals surface area contributed by atoms with Crippen LogP contribution < -0.4 is 19.5 Å². The summed E-state index contributed by atoms with van der Waals surface area (Å²) >= 11 is 0. The molecule has 0 saturated heterocycles. The van der Waals surface area contributed by atoms with E-state index in [1.54, 1.807) is 14.2 Å². The molecule has 29 heavy (non-hydrogen) atoms. The summed E-state index contributed by atoms with van der Waals surface area (Å²) in [5, 5.41) is 8.63. The lowest BCUT2D eigenvalue weighted by atomic mass is 10.0. The molecule has 0 unspecified atom stereocenters. The molecule has 2 aromatic carbocycles. The Balaban J connectivity index is 1.95.